The molecule has 0 amide bonds. The summed E-state index contributed by atoms with van der Waals surface area (Å²) in [7, 11) is 2.00. The summed E-state index contributed by atoms with van der Waals surface area (Å²) >= 11 is 11.8. The fourth-order valence-corrected chi connectivity index (χ4v) is 2.28. The Bertz CT molecular complexity index is 552. The van der Waals surface area contributed by atoms with Crippen LogP contribution in [0.5, 0.6) is 5.75 Å². The van der Waals surface area contributed by atoms with E-state index in [1.807, 2.05) is 31.3 Å². The van der Waals surface area contributed by atoms with Gasteiger partial charge in [-0.1, -0.05) is 23.2 Å². The molecule has 0 bridgehead atoms. The SMILES string of the molecule is CN(CCOc1cc(Cl)cc(Cl)c1)c1ccc(N)cc1. The Morgan fingerprint density at radius 3 is 2.25 bits per heavy atom. The van der Waals surface area contributed by atoms with Gasteiger partial charge in [0, 0.05) is 28.5 Å². The molecule has 0 atom stereocenters. The highest BCUT2D eigenvalue weighted by Gasteiger charge is 2.02. The van der Waals surface area contributed by atoms with Gasteiger partial charge in [0.05, 0.1) is 6.54 Å². The van der Waals surface area contributed by atoms with E-state index < -0.39 is 0 Å². The first-order valence-corrected chi connectivity index (χ1v) is 6.96. The summed E-state index contributed by atoms with van der Waals surface area (Å²) in [6.45, 7) is 1.28. The molecular formula is C15H16Cl2N2O. The molecule has 0 aliphatic carbocycles. The summed E-state index contributed by atoms with van der Waals surface area (Å²) in [6.07, 6.45) is 0. The molecule has 0 saturated heterocycles. The van der Waals surface area contributed by atoms with E-state index >= 15 is 0 Å². The number of anilines is 2. The smallest absolute Gasteiger partial charge is 0.122 e. The largest absolute Gasteiger partial charge is 0.492 e. The molecule has 106 valence electrons. The topological polar surface area (TPSA) is 38.5 Å². The number of hydrogen-bond acceptors (Lipinski definition) is 3. The first-order valence-electron chi connectivity index (χ1n) is 6.20. The molecule has 0 aromatic heterocycles. The van der Waals surface area contributed by atoms with Gasteiger partial charge in [-0.05, 0) is 42.5 Å². The maximum absolute atomic E-state index is 5.92. The molecule has 5 heteroatoms. The second-order valence-electron chi connectivity index (χ2n) is 4.47. The molecular weight excluding hydrogens is 295 g/mol. The van der Waals surface area contributed by atoms with E-state index in [0.29, 0.717) is 22.4 Å². The fourth-order valence-electron chi connectivity index (χ4n) is 1.77. The van der Waals surface area contributed by atoms with Gasteiger partial charge >= 0.3 is 0 Å². The maximum atomic E-state index is 5.92. The van der Waals surface area contributed by atoms with Gasteiger partial charge in [0.15, 0.2) is 0 Å². The molecule has 2 aromatic carbocycles. The van der Waals surface area contributed by atoms with Crippen LogP contribution in [-0.2, 0) is 0 Å². The Morgan fingerprint density at radius 2 is 1.65 bits per heavy atom. The molecule has 2 rings (SSSR count). The van der Waals surface area contributed by atoms with Gasteiger partial charge in [-0.3, -0.25) is 0 Å². The van der Waals surface area contributed by atoms with E-state index in [1.54, 1.807) is 18.2 Å². The molecule has 0 unspecified atom stereocenters. The lowest BCUT2D eigenvalue weighted by Crippen LogP contribution is -2.23. The van der Waals surface area contributed by atoms with E-state index in [4.69, 9.17) is 33.7 Å². The van der Waals surface area contributed by atoms with Crippen LogP contribution in [0, 0.1) is 0 Å². The van der Waals surface area contributed by atoms with Crippen molar-refractivity contribution in [1.82, 2.24) is 0 Å². The standard InChI is InChI=1S/C15H16Cl2N2O/c1-19(14-4-2-13(18)3-5-14)6-7-20-15-9-11(16)8-12(17)10-15/h2-5,8-10H,6-7,18H2,1H3. The van der Waals surface area contributed by atoms with E-state index in [0.717, 1.165) is 17.9 Å². The average Bonchev–Trinajstić information content (AvgIpc) is 2.38. The van der Waals surface area contributed by atoms with E-state index in [9.17, 15) is 0 Å². The van der Waals surface area contributed by atoms with Crippen molar-refractivity contribution in [3.63, 3.8) is 0 Å². The van der Waals surface area contributed by atoms with Gasteiger partial charge < -0.3 is 15.4 Å². The number of ether oxygens (including phenoxy) is 1. The number of nitrogens with zero attached hydrogens (tertiary/aromatic N) is 1. The number of halogens is 2. The van der Waals surface area contributed by atoms with Gasteiger partial charge in [0.1, 0.15) is 12.4 Å². The Morgan fingerprint density at radius 1 is 1.05 bits per heavy atom. The molecule has 2 aromatic rings. The molecule has 2 N–H and O–H groups in total. The second kappa shape index (κ2) is 6.73. The molecule has 0 fully saturated rings. The highest BCUT2D eigenvalue weighted by atomic mass is 35.5. The van der Waals surface area contributed by atoms with Crippen molar-refractivity contribution < 1.29 is 4.74 Å². The lowest BCUT2D eigenvalue weighted by atomic mass is 10.2. The van der Waals surface area contributed by atoms with E-state index in [-0.39, 0.29) is 0 Å². The Balaban J connectivity index is 1.87. The van der Waals surface area contributed by atoms with Crippen molar-refractivity contribution in [2.24, 2.45) is 0 Å². The first kappa shape index (κ1) is 14.8. The summed E-state index contributed by atoms with van der Waals surface area (Å²) in [6, 6.07) is 12.9. The Labute approximate surface area is 128 Å². The molecule has 0 spiro atoms. The minimum atomic E-state index is 0.539. The van der Waals surface area contributed by atoms with Crippen LogP contribution in [0.1, 0.15) is 0 Å². The molecule has 0 radical (unpaired) electrons. The summed E-state index contributed by atoms with van der Waals surface area (Å²) < 4.78 is 5.65. The first-order chi connectivity index (χ1) is 9.54. The van der Waals surface area contributed by atoms with Gasteiger partial charge in [0.2, 0.25) is 0 Å². The van der Waals surface area contributed by atoms with Gasteiger partial charge in [0.25, 0.3) is 0 Å². The van der Waals surface area contributed by atoms with Gasteiger partial charge in [-0.25, -0.2) is 0 Å². The summed E-state index contributed by atoms with van der Waals surface area (Å²) in [5.41, 5.74) is 7.51. The summed E-state index contributed by atoms with van der Waals surface area (Å²) in [5, 5.41) is 1.14. The van der Waals surface area contributed by atoms with Crippen molar-refractivity contribution in [3.05, 3.63) is 52.5 Å². The van der Waals surface area contributed by atoms with Crippen LogP contribution in [0.15, 0.2) is 42.5 Å². The van der Waals surface area contributed by atoms with Crippen molar-refractivity contribution in [1.29, 1.82) is 0 Å². The average molecular weight is 311 g/mol. The second-order valence-corrected chi connectivity index (χ2v) is 5.34. The van der Waals surface area contributed by atoms with Crippen LogP contribution >= 0.6 is 23.2 Å². The van der Waals surface area contributed by atoms with Crippen molar-refractivity contribution >= 4 is 34.6 Å². The van der Waals surface area contributed by atoms with Crippen LogP contribution < -0.4 is 15.4 Å². The monoisotopic (exact) mass is 310 g/mol. The summed E-state index contributed by atoms with van der Waals surface area (Å²) in [4.78, 5) is 2.09. The molecule has 0 saturated carbocycles. The lowest BCUT2D eigenvalue weighted by molar-refractivity contribution is 0.326. The molecule has 0 aliphatic rings. The fraction of sp³-hybridized carbons (Fsp3) is 0.200. The number of benzene rings is 2. The van der Waals surface area contributed by atoms with Crippen molar-refractivity contribution in [3.8, 4) is 5.75 Å². The third-order valence-electron chi connectivity index (χ3n) is 2.87. The zero-order valence-electron chi connectivity index (χ0n) is 11.1. The minimum absolute atomic E-state index is 0.539. The van der Waals surface area contributed by atoms with Crippen LogP contribution in [0.4, 0.5) is 11.4 Å². The molecule has 20 heavy (non-hydrogen) atoms. The molecule has 0 heterocycles. The molecule has 3 nitrogen and oxygen atoms in total. The predicted molar refractivity (Wildman–Crippen MR) is 86.1 cm³/mol. The number of nitrogens with two attached hydrogens (primary N) is 1. The van der Waals surface area contributed by atoms with Crippen molar-refractivity contribution in [2.75, 3.05) is 30.8 Å². The minimum Gasteiger partial charge on any atom is -0.492 e. The van der Waals surface area contributed by atoms with E-state index in [2.05, 4.69) is 4.90 Å². The Hall–Kier alpha value is -1.58. The normalized spacial score (nSPS) is 10.3. The predicted octanol–water partition coefficient (Wildman–Crippen LogP) is 4.09. The Kier molecular flexibility index (Phi) is 4.99. The van der Waals surface area contributed by atoms with Crippen molar-refractivity contribution in [2.45, 2.75) is 0 Å². The van der Waals surface area contributed by atoms with E-state index in [1.165, 1.54) is 0 Å². The zero-order valence-corrected chi connectivity index (χ0v) is 12.7. The third kappa shape index (κ3) is 4.22. The number of likely N-dealkylation sites (N-methyl/N-ethyl adjacent to an activating group) is 1. The highest BCUT2D eigenvalue weighted by molar-refractivity contribution is 6.34. The van der Waals surface area contributed by atoms with Crippen LogP contribution in [0.3, 0.4) is 0 Å². The number of hydrogen-bond donors (Lipinski definition) is 1. The third-order valence-corrected chi connectivity index (χ3v) is 3.30. The van der Waals surface area contributed by atoms with Gasteiger partial charge in [-0.15, -0.1) is 0 Å². The summed E-state index contributed by atoms with van der Waals surface area (Å²) in [5.74, 6) is 0.674. The highest BCUT2D eigenvalue weighted by Crippen LogP contribution is 2.24. The molecule has 0 aliphatic heterocycles. The van der Waals surface area contributed by atoms with Gasteiger partial charge in [-0.2, -0.15) is 0 Å². The lowest BCUT2D eigenvalue weighted by Gasteiger charge is -2.19. The van der Waals surface area contributed by atoms with Crippen LogP contribution in [0.2, 0.25) is 10.0 Å². The quantitative estimate of drug-likeness (QED) is 0.845. The zero-order chi connectivity index (χ0) is 14.5. The number of rotatable bonds is 5. The van der Waals surface area contributed by atoms with Crippen LogP contribution in [-0.4, -0.2) is 20.2 Å². The number of nitrogen functional groups attached to an aromatic ring is 1. The van der Waals surface area contributed by atoms with Crippen LogP contribution in [0.25, 0.3) is 0 Å². The maximum Gasteiger partial charge on any atom is 0.122 e.